The number of halogens is 4. The van der Waals surface area contributed by atoms with Crippen LogP contribution in [0.2, 0.25) is 0 Å². The molecule has 1 atom stereocenters. The largest absolute Gasteiger partial charge is 0.390 e. The van der Waals surface area contributed by atoms with Crippen molar-refractivity contribution in [2.24, 2.45) is 0 Å². The van der Waals surface area contributed by atoms with Crippen molar-refractivity contribution in [3.05, 3.63) is 24.1 Å². The van der Waals surface area contributed by atoms with Gasteiger partial charge in [-0.2, -0.15) is 13.2 Å². The summed E-state index contributed by atoms with van der Waals surface area (Å²) in [6, 6.07) is 0.625. The van der Waals surface area contributed by atoms with Crippen molar-refractivity contribution in [1.29, 1.82) is 0 Å². The van der Waals surface area contributed by atoms with Crippen LogP contribution >= 0.6 is 0 Å². The fourth-order valence-corrected chi connectivity index (χ4v) is 2.53. The monoisotopic (exact) mass is 286 g/mol. The van der Waals surface area contributed by atoms with Crippen LogP contribution in [0, 0.1) is 5.82 Å². The molecule has 1 aromatic heterocycles. The fraction of sp³-hybridized carbons (Fsp3) is 0.444. The standard InChI is InChI=1S/C9H10F4N2O2S/c1-6(5-9(11,12)13)15-18(16,17)8-7(10)3-2-4-14-8/h2-4,6,15H,5H2,1H3. The Balaban J connectivity index is 2.87. The van der Waals surface area contributed by atoms with Gasteiger partial charge in [-0.25, -0.2) is 22.5 Å². The first-order valence-corrected chi connectivity index (χ1v) is 6.30. The van der Waals surface area contributed by atoms with Crippen LogP contribution in [-0.2, 0) is 10.0 Å². The number of alkyl halides is 3. The maximum Gasteiger partial charge on any atom is 0.390 e. The van der Waals surface area contributed by atoms with E-state index in [1.807, 2.05) is 0 Å². The van der Waals surface area contributed by atoms with Crippen LogP contribution in [0.25, 0.3) is 0 Å². The third-order valence-corrected chi connectivity index (χ3v) is 3.40. The summed E-state index contributed by atoms with van der Waals surface area (Å²) < 4.78 is 74.1. The second-order valence-corrected chi connectivity index (χ2v) is 5.26. The molecule has 102 valence electrons. The lowest BCUT2D eigenvalue weighted by Gasteiger charge is -2.15. The highest BCUT2D eigenvalue weighted by molar-refractivity contribution is 7.89. The molecule has 1 rings (SSSR count). The zero-order chi connectivity index (χ0) is 14.0. The summed E-state index contributed by atoms with van der Waals surface area (Å²) in [4.78, 5) is 3.29. The van der Waals surface area contributed by atoms with Crippen LogP contribution in [-0.4, -0.2) is 25.6 Å². The van der Waals surface area contributed by atoms with Gasteiger partial charge in [0.1, 0.15) is 0 Å². The molecule has 0 radical (unpaired) electrons. The van der Waals surface area contributed by atoms with Crippen LogP contribution in [0.3, 0.4) is 0 Å². The molecule has 0 bridgehead atoms. The van der Waals surface area contributed by atoms with E-state index in [1.165, 1.54) is 6.07 Å². The smallest absolute Gasteiger partial charge is 0.241 e. The fourth-order valence-electron chi connectivity index (χ4n) is 1.28. The number of nitrogens with zero attached hydrogens (tertiary/aromatic N) is 1. The van der Waals surface area contributed by atoms with E-state index in [9.17, 15) is 26.0 Å². The van der Waals surface area contributed by atoms with Crippen molar-refractivity contribution in [3.63, 3.8) is 0 Å². The number of hydrogen-bond acceptors (Lipinski definition) is 3. The van der Waals surface area contributed by atoms with E-state index in [0.717, 1.165) is 19.2 Å². The van der Waals surface area contributed by atoms with Gasteiger partial charge in [0.2, 0.25) is 5.03 Å². The summed E-state index contributed by atoms with van der Waals surface area (Å²) in [6.07, 6.45) is -4.82. The molecule has 1 aromatic rings. The first-order chi connectivity index (χ1) is 8.12. The molecule has 0 aromatic carbocycles. The van der Waals surface area contributed by atoms with E-state index < -0.39 is 39.5 Å². The summed E-state index contributed by atoms with van der Waals surface area (Å²) in [7, 11) is -4.40. The van der Waals surface area contributed by atoms with Crippen molar-refractivity contribution in [3.8, 4) is 0 Å². The van der Waals surface area contributed by atoms with Crippen LogP contribution in [0.15, 0.2) is 23.4 Å². The summed E-state index contributed by atoms with van der Waals surface area (Å²) in [5.74, 6) is -1.12. The van der Waals surface area contributed by atoms with Crippen LogP contribution in [0.5, 0.6) is 0 Å². The first-order valence-electron chi connectivity index (χ1n) is 4.81. The summed E-state index contributed by atoms with van der Waals surface area (Å²) in [5, 5.41) is -0.918. The van der Waals surface area contributed by atoms with Gasteiger partial charge in [0.25, 0.3) is 10.0 Å². The van der Waals surface area contributed by atoms with Crippen molar-refractivity contribution < 1.29 is 26.0 Å². The molecule has 1 unspecified atom stereocenters. The first kappa shape index (κ1) is 14.8. The lowest BCUT2D eigenvalue weighted by atomic mass is 10.2. The van der Waals surface area contributed by atoms with Gasteiger partial charge in [0.05, 0.1) is 6.42 Å². The second kappa shape index (κ2) is 5.19. The Hall–Kier alpha value is -1.22. The Labute approximate surface area is 101 Å². The quantitative estimate of drug-likeness (QED) is 0.859. The van der Waals surface area contributed by atoms with E-state index >= 15 is 0 Å². The van der Waals surface area contributed by atoms with Gasteiger partial charge in [0.15, 0.2) is 5.82 Å². The molecule has 1 heterocycles. The van der Waals surface area contributed by atoms with Crippen molar-refractivity contribution in [2.45, 2.75) is 30.6 Å². The van der Waals surface area contributed by atoms with Gasteiger partial charge < -0.3 is 0 Å². The molecule has 0 fully saturated rings. The minimum absolute atomic E-state index is 0.857. The van der Waals surface area contributed by atoms with Crippen LogP contribution in [0.4, 0.5) is 17.6 Å². The number of aromatic nitrogens is 1. The molecular formula is C9H10F4N2O2S. The average molecular weight is 286 g/mol. The lowest BCUT2D eigenvalue weighted by molar-refractivity contribution is -0.137. The maximum absolute atomic E-state index is 13.2. The maximum atomic E-state index is 13.2. The Morgan fingerprint density at radius 2 is 2.06 bits per heavy atom. The predicted octanol–water partition coefficient (Wildman–Crippen LogP) is 1.84. The number of hydrogen-bond donors (Lipinski definition) is 1. The Morgan fingerprint density at radius 3 is 2.56 bits per heavy atom. The zero-order valence-corrected chi connectivity index (χ0v) is 10.0. The molecule has 0 aliphatic rings. The molecule has 4 nitrogen and oxygen atoms in total. The van der Waals surface area contributed by atoms with Crippen molar-refractivity contribution >= 4 is 10.0 Å². The van der Waals surface area contributed by atoms with E-state index in [2.05, 4.69) is 4.98 Å². The normalized spacial score (nSPS) is 14.5. The minimum Gasteiger partial charge on any atom is -0.241 e. The molecule has 0 saturated carbocycles. The Morgan fingerprint density at radius 1 is 1.44 bits per heavy atom. The molecule has 0 spiro atoms. The van der Waals surface area contributed by atoms with Gasteiger partial charge in [0, 0.05) is 12.2 Å². The van der Waals surface area contributed by atoms with E-state index in [0.29, 0.717) is 0 Å². The van der Waals surface area contributed by atoms with Gasteiger partial charge in [-0.15, -0.1) is 0 Å². The molecule has 0 aliphatic heterocycles. The third kappa shape index (κ3) is 4.22. The van der Waals surface area contributed by atoms with E-state index in [1.54, 1.807) is 4.72 Å². The summed E-state index contributed by atoms with van der Waals surface area (Å²) >= 11 is 0. The zero-order valence-electron chi connectivity index (χ0n) is 9.20. The second-order valence-electron chi connectivity index (χ2n) is 3.63. The number of nitrogens with one attached hydrogen (secondary N) is 1. The highest BCUT2D eigenvalue weighted by Gasteiger charge is 2.32. The van der Waals surface area contributed by atoms with Gasteiger partial charge >= 0.3 is 6.18 Å². The molecular weight excluding hydrogens is 276 g/mol. The molecule has 0 saturated heterocycles. The number of rotatable bonds is 4. The van der Waals surface area contributed by atoms with Gasteiger partial charge in [-0.1, -0.05) is 0 Å². The van der Waals surface area contributed by atoms with Gasteiger partial charge in [-0.05, 0) is 19.1 Å². The molecule has 18 heavy (non-hydrogen) atoms. The molecule has 9 heteroatoms. The predicted molar refractivity (Wildman–Crippen MR) is 54.7 cm³/mol. The Bertz CT molecular complexity index is 516. The van der Waals surface area contributed by atoms with Crippen molar-refractivity contribution in [1.82, 2.24) is 9.71 Å². The third-order valence-electron chi connectivity index (χ3n) is 1.87. The highest BCUT2D eigenvalue weighted by atomic mass is 32.2. The molecule has 1 N–H and O–H groups in total. The van der Waals surface area contributed by atoms with Crippen LogP contribution in [0.1, 0.15) is 13.3 Å². The minimum atomic E-state index is -4.51. The lowest BCUT2D eigenvalue weighted by Crippen LogP contribution is -2.36. The topological polar surface area (TPSA) is 59.1 Å². The average Bonchev–Trinajstić information content (AvgIpc) is 2.13. The SMILES string of the molecule is CC(CC(F)(F)F)NS(=O)(=O)c1ncccc1F. The van der Waals surface area contributed by atoms with Crippen LogP contribution < -0.4 is 4.72 Å². The van der Waals surface area contributed by atoms with E-state index in [4.69, 9.17) is 0 Å². The summed E-state index contributed by atoms with van der Waals surface area (Å²) in [5.41, 5.74) is 0. The number of pyridine rings is 1. The highest BCUT2D eigenvalue weighted by Crippen LogP contribution is 2.22. The van der Waals surface area contributed by atoms with Crippen molar-refractivity contribution in [2.75, 3.05) is 0 Å². The van der Waals surface area contributed by atoms with Gasteiger partial charge in [-0.3, -0.25) is 0 Å². The number of sulfonamides is 1. The summed E-state index contributed by atoms with van der Waals surface area (Å²) in [6.45, 7) is 1.03. The van der Waals surface area contributed by atoms with E-state index in [-0.39, 0.29) is 0 Å². The molecule has 0 amide bonds. The Kier molecular flexibility index (Phi) is 4.28. The molecule has 0 aliphatic carbocycles.